The second-order valence-electron chi connectivity index (χ2n) is 10.5. The number of hydrogen-bond acceptors (Lipinski definition) is 5. The van der Waals surface area contributed by atoms with Crippen LogP contribution in [0.4, 0.5) is 5.69 Å². The van der Waals surface area contributed by atoms with Crippen molar-refractivity contribution >= 4 is 28.5 Å². The lowest BCUT2D eigenvalue weighted by molar-refractivity contribution is -0.145. The van der Waals surface area contributed by atoms with E-state index in [0.29, 0.717) is 16.6 Å². The molecule has 0 fully saturated rings. The molecule has 0 bridgehead atoms. The van der Waals surface area contributed by atoms with E-state index >= 15 is 0 Å². The third-order valence-electron chi connectivity index (χ3n) is 5.39. The molecule has 8 heteroatoms. The number of pyridine rings is 1. The van der Waals surface area contributed by atoms with Gasteiger partial charge in [-0.3, -0.25) is 9.59 Å². The van der Waals surface area contributed by atoms with Gasteiger partial charge in [0.1, 0.15) is 17.4 Å². The number of aromatic nitrogens is 1. The molecule has 0 aliphatic carbocycles. The summed E-state index contributed by atoms with van der Waals surface area (Å²) in [5.41, 5.74) is 2.06. The monoisotopic (exact) mass is 482 g/mol. The normalized spacial score (nSPS) is 12.5. The van der Waals surface area contributed by atoms with Crippen molar-refractivity contribution in [3.63, 3.8) is 0 Å². The number of rotatable bonds is 3. The number of anilines is 1. The number of aliphatic hydroxyl groups is 1. The molecule has 1 aromatic heterocycles. The minimum absolute atomic E-state index is 0.0305. The molecule has 0 aliphatic rings. The van der Waals surface area contributed by atoms with Crippen LogP contribution in [-0.2, 0) is 15.6 Å². The molecule has 0 aliphatic heterocycles. The maximum Gasteiger partial charge on any atom is 0.332 e. The predicted molar refractivity (Wildman–Crippen MR) is 137 cm³/mol. The molecular weight excluding hydrogens is 448 g/mol. The van der Waals surface area contributed by atoms with Gasteiger partial charge in [-0.1, -0.05) is 53.7 Å². The predicted octanol–water partition coefficient (Wildman–Crippen LogP) is 4.53. The van der Waals surface area contributed by atoms with Crippen molar-refractivity contribution in [2.45, 2.75) is 65.4 Å². The Bertz CT molecular complexity index is 1290. The first-order valence-corrected chi connectivity index (χ1v) is 11.2. The summed E-state index contributed by atoms with van der Waals surface area (Å²) in [6.07, 6.45) is 0.199. The van der Waals surface area contributed by atoms with Crippen LogP contribution in [0.2, 0.25) is 0 Å². The van der Waals surface area contributed by atoms with E-state index in [0.717, 1.165) is 11.1 Å². The van der Waals surface area contributed by atoms with Gasteiger partial charge in [0.05, 0.1) is 0 Å². The van der Waals surface area contributed by atoms with Crippen molar-refractivity contribution in [3.05, 3.63) is 69.5 Å². The molecule has 2 aromatic carbocycles. The van der Waals surface area contributed by atoms with Crippen molar-refractivity contribution in [1.29, 1.82) is 0 Å². The van der Waals surface area contributed by atoms with Crippen LogP contribution in [0.5, 0.6) is 5.75 Å². The summed E-state index contributed by atoms with van der Waals surface area (Å²) in [6.45, 7) is 13.4. The van der Waals surface area contributed by atoms with Crippen LogP contribution >= 0.6 is 0 Å². The highest BCUT2D eigenvalue weighted by Gasteiger charge is 2.26. The molecule has 5 N–H and O–H groups in total. The molecule has 1 heterocycles. The molecular formula is C27H34N2O6. The summed E-state index contributed by atoms with van der Waals surface area (Å²) in [4.78, 5) is 38.2. The number of aliphatic carboxylic acids is 1. The summed E-state index contributed by atoms with van der Waals surface area (Å²) in [5.74, 6) is -1.58. The number of H-pyrrole nitrogens is 1. The molecule has 1 atom stereocenters. The Hall–Kier alpha value is -3.65. The third kappa shape index (κ3) is 6.70. The van der Waals surface area contributed by atoms with Crippen molar-refractivity contribution in [2.75, 3.05) is 5.32 Å². The van der Waals surface area contributed by atoms with Crippen LogP contribution in [0.25, 0.3) is 10.9 Å². The number of aliphatic hydroxyl groups excluding tert-OH is 1. The number of fused-ring (bicyclic) bond motifs is 1. The molecule has 3 aromatic rings. The Labute approximate surface area is 204 Å². The maximum absolute atomic E-state index is 12.9. The number of carbonyl (C=O) groups is 2. The summed E-state index contributed by atoms with van der Waals surface area (Å²) < 4.78 is 0. The van der Waals surface area contributed by atoms with Crippen LogP contribution in [0.1, 0.15) is 70.0 Å². The van der Waals surface area contributed by atoms with Crippen LogP contribution in [-0.4, -0.2) is 38.3 Å². The summed E-state index contributed by atoms with van der Waals surface area (Å²) in [6, 6.07) is 10.6. The second kappa shape index (κ2) is 10.3. The Morgan fingerprint density at radius 2 is 1.51 bits per heavy atom. The molecule has 0 spiro atoms. The lowest BCUT2D eigenvalue weighted by Gasteiger charge is -2.28. The number of hydrogen-bond donors (Lipinski definition) is 5. The smallest absolute Gasteiger partial charge is 0.332 e. The van der Waals surface area contributed by atoms with E-state index in [4.69, 9.17) is 10.2 Å². The molecule has 1 unspecified atom stereocenters. The molecule has 0 radical (unpaired) electrons. The zero-order valence-electron chi connectivity index (χ0n) is 21.2. The lowest BCUT2D eigenvalue weighted by Crippen LogP contribution is -2.25. The number of benzene rings is 2. The lowest BCUT2D eigenvalue weighted by atomic mass is 9.79. The van der Waals surface area contributed by atoms with Gasteiger partial charge >= 0.3 is 5.97 Å². The van der Waals surface area contributed by atoms with Crippen LogP contribution in [0, 0.1) is 0 Å². The fourth-order valence-electron chi connectivity index (χ4n) is 3.44. The van der Waals surface area contributed by atoms with Gasteiger partial charge in [0.25, 0.3) is 5.91 Å². The van der Waals surface area contributed by atoms with Gasteiger partial charge in [0, 0.05) is 28.9 Å². The van der Waals surface area contributed by atoms with Gasteiger partial charge in [0.15, 0.2) is 0 Å². The van der Waals surface area contributed by atoms with Gasteiger partial charge in [-0.25, -0.2) is 4.79 Å². The maximum atomic E-state index is 12.9. The number of carbonyl (C=O) groups excluding carboxylic acids is 1. The van der Waals surface area contributed by atoms with Gasteiger partial charge in [-0.05, 0) is 47.1 Å². The molecule has 1 amide bonds. The number of phenolic OH excluding ortho intramolecular Hbond substituents is 1. The SMILES string of the molecule is CC(C)(C)c1cc(C(C)(C)C)c(NC(=O)c2c[nH]c3ccccc3c2=O)cc1O.CC(O)C(=O)O. The second-order valence-corrected chi connectivity index (χ2v) is 10.5. The first-order valence-electron chi connectivity index (χ1n) is 11.2. The van der Waals surface area contributed by atoms with Crippen molar-refractivity contribution in [3.8, 4) is 5.75 Å². The zero-order valence-corrected chi connectivity index (χ0v) is 21.2. The number of aromatic amines is 1. The van der Waals surface area contributed by atoms with Gasteiger partial charge in [0.2, 0.25) is 5.43 Å². The number of carboxylic acid groups (broad SMARTS) is 1. The van der Waals surface area contributed by atoms with E-state index in [-0.39, 0.29) is 27.6 Å². The number of para-hydroxylation sites is 1. The number of nitrogens with one attached hydrogen (secondary N) is 2. The fraction of sp³-hybridized carbons (Fsp3) is 0.370. The zero-order chi connectivity index (χ0) is 26.7. The highest BCUT2D eigenvalue weighted by Crippen LogP contribution is 2.39. The summed E-state index contributed by atoms with van der Waals surface area (Å²) >= 11 is 0. The first-order chi connectivity index (χ1) is 16.0. The number of phenols is 1. The summed E-state index contributed by atoms with van der Waals surface area (Å²) in [7, 11) is 0. The largest absolute Gasteiger partial charge is 0.508 e. The van der Waals surface area contributed by atoms with E-state index in [1.54, 1.807) is 24.3 Å². The topological polar surface area (TPSA) is 140 Å². The molecule has 35 heavy (non-hydrogen) atoms. The molecule has 8 nitrogen and oxygen atoms in total. The van der Waals surface area contributed by atoms with Gasteiger partial charge in [-0.15, -0.1) is 0 Å². The highest BCUT2D eigenvalue weighted by molar-refractivity contribution is 6.06. The van der Waals surface area contributed by atoms with Crippen molar-refractivity contribution in [2.24, 2.45) is 0 Å². The first kappa shape index (κ1) is 27.6. The van der Waals surface area contributed by atoms with Gasteiger partial charge in [-0.2, -0.15) is 0 Å². The Morgan fingerprint density at radius 1 is 0.971 bits per heavy atom. The molecule has 0 saturated heterocycles. The average molecular weight is 483 g/mol. The van der Waals surface area contributed by atoms with E-state index in [1.165, 1.54) is 13.1 Å². The fourth-order valence-corrected chi connectivity index (χ4v) is 3.44. The average Bonchev–Trinajstić information content (AvgIpc) is 2.72. The number of amides is 1. The van der Waals surface area contributed by atoms with E-state index in [9.17, 15) is 19.5 Å². The van der Waals surface area contributed by atoms with Crippen LogP contribution in [0.3, 0.4) is 0 Å². The number of carboxylic acids is 1. The summed E-state index contributed by atoms with van der Waals surface area (Å²) in [5, 5.41) is 29.6. The Morgan fingerprint density at radius 3 is 2.03 bits per heavy atom. The van der Waals surface area contributed by atoms with E-state index < -0.39 is 18.0 Å². The quantitative estimate of drug-likeness (QED) is 0.371. The molecule has 3 rings (SSSR count). The minimum atomic E-state index is -1.23. The third-order valence-corrected chi connectivity index (χ3v) is 5.39. The highest BCUT2D eigenvalue weighted by atomic mass is 16.4. The van der Waals surface area contributed by atoms with Crippen LogP contribution < -0.4 is 10.7 Å². The van der Waals surface area contributed by atoms with Crippen molar-refractivity contribution < 1.29 is 24.9 Å². The van der Waals surface area contributed by atoms with E-state index in [1.807, 2.05) is 53.7 Å². The molecule has 0 saturated carbocycles. The Balaban J connectivity index is 0.000000641. The van der Waals surface area contributed by atoms with Crippen molar-refractivity contribution in [1.82, 2.24) is 4.98 Å². The number of aromatic hydroxyl groups is 1. The van der Waals surface area contributed by atoms with Gasteiger partial charge < -0.3 is 25.6 Å². The van der Waals surface area contributed by atoms with Crippen LogP contribution in [0.15, 0.2) is 47.4 Å². The standard InChI is InChI=1S/C24H28N2O3.C3H6O3/c1-23(2,3)16-11-17(24(4,5)6)20(27)12-19(16)26-22(29)15-13-25-18-10-8-7-9-14(18)21(15)28;1-2(4)3(5)6/h7-13,27H,1-6H3,(H,25,28)(H,26,29);2,4H,1H3,(H,5,6). The minimum Gasteiger partial charge on any atom is -0.508 e. The molecule has 188 valence electrons. The van der Waals surface area contributed by atoms with E-state index in [2.05, 4.69) is 10.3 Å². The Kier molecular flexibility index (Phi) is 8.13.